The van der Waals surface area contributed by atoms with Gasteiger partial charge in [0.2, 0.25) is 0 Å². The molecule has 6 nitrogen and oxygen atoms in total. The Labute approximate surface area is 97.8 Å². The molecule has 3 aliphatic rings. The van der Waals surface area contributed by atoms with Crippen molar-refractivity contribution in [2.24, 2.45) is 17.8 Å². The minimum Gasteiger partial charge on any atom is -0.469 e. The molecular weight excluding hydrogens is 228 g/mol. The highest BCUT2D eigenvalue weighted by Crippen LogP contribution is 2.50. The number of hydrogen-bond acceptors (Lipinski definition) is 6. The lowest BCUT2D eigenvalue weighted by Crippen LogP contribution is -2.51. The van der Waals surface area contributed by atoms with Gasteiger partial charge in [-0.2, -0.15) is 0 Å². The van der Waals surface area contributed by atoms with Gasteiger partial charge in [-0.1, -0.05) is 12.2 Å². The largest absolute Gasteiger partial charge is 0.469 e. The molecule has 1 aliphatic carbocycles. The summed E-state index contributed by atoms with van der Waals surface area (Å²) in [6.45, 7) is 0.121. The summed E-state index contributed by atoms with van der Waals surface area (Å²) < 4.78 is 15.2. The lowest BCUT2D eigenvalue weighted by molar-refractivity contribution is -0.280. The zero-order chi connectivity index (χ0) is 12.2. The Kier molecular flexibility index (Phi) is 2.31. The highest BCUT2D eigenvalue weighted by molar-refractivity contribution is 5.74. The SMILES string of the molecule is COC(=O)[C@H]1[C@H]2C=C[C@]3(O)CO[C@@H](O[C@H]1O)[C@@H]23. The molecule has 0 aromatic heterocycles. The van der Waals surface area contributed by atoms with Gasteiger partial charge in [0, 0.05) is 5.92 Å². The molecule has 6 atom stereocenters. The zero-order valence-electron chi connectivity index (χ0n) is 9.28. The summed E-state index contributed by atoms with van der Waals surface area (Å²) in [5.74, 6) is -2.02. The molecule has 2 aliphatic heterocycles. The fraction of sp³-hybridized carbons (Fsp3) is 0.727. The third-order valence-electron chi connectivity index (χ3n) is 3.84. The van der Waals surface area contributed by atoms with E-state index in [0.29, 0.717) is 0 Å². The molecule has 0 saturated carbocycles. The Bertz CT molecular complexity index is 380. The van der Waals surface area contributed by atoms with Crippen molar-refractivity contribution in [3.8, 4) is 0 Å². The molecular formula is C11H14O6. The second-order valence-electron chi connectivity index (χ2n) is 4.71. The van der Waals surface area contributed by atoms with Crippen molar-refractivity contribution < 1.29 is 29.2 Å². The number of allylic oxidation sites excluding steroid dienone is 1. The van der Waals surface area contributed by atoms with Crippen LogP contribution in [-0.2, 0) is 19.0 Å². The third-order valence-corrected chi connectivity index (χ3v) is 3.84. The summed E-state index contributed by atoms with van der Waals surface area (Å²) in [6, 6.07) is 0. The third kappa shape index (κ3) is 1.38. The minimum atomic E-state index is -1.27. The minimum absolute atomic E-state index is 0.121. The molecule has 17 heavy (non-hydrogen) atoms. The number of aliphatic hydroxyl groups is 2. The van der Waals surface area contributed by atoms with E-state index >= 15 is 0 Å². The number of hydrogen-bond donors (Lipinski definition) is 2. The van der Waals surface area contributed by atoms with Crippen LogP contribution < -0.4 is 0 Å². The van der Waals surface area contributed by atoms with Crippen molar-refractivity contribution >= 4 is 5.97 Å². The second-order valence-corrected chi connectivity index (χ2v) is 4.71. The molecule has 0 spiro atoms. The summed E-state index contributed by atoms with van der Waals surface area (Å²) in [5, 5.41) is 20.1. The number of ether oxygens (including phenoxy) is 3. The standard InChI is InChI=1S/C11H14O6/c1-15-8(12)6-5-2-3-11(14)4-16-10(7(5)11)17-9(6)13/h2-3,5-7,9-10,13-14H,4H2,1H3/t5-,6-,7-,9-,10+,11+/m1/s1. The maximum absolute atomic E-state index is 11.6. The van der Waals surface area contributed by atoms with Gasteiger partial charge in [-0.05, 0) is 0 Å². The van der Waals surface area contributed by atoms with Crippen LogP contribution in [0.15, 0.2) is 12.2 Å². The predicted octanol–water partition coefficient (Wildman–Crippen LogP) is -0.986. The van der Waals surface area contributed by atoms with E-state index < -0.39 is 30.1 Å². The second kappa shape index (κ2) is 3.52. The molecule has 3 rings (SSSR count). The Morgan fingerprint density at radius 3 is 3.06 bits per heavy atom. The number of aliphatic hydroxyl groups excluding tert-OH is 1. The molecule has 2 saturated heterocycles. The quantitative estimate of drug-likeness (QED) is 0.454. The van der Waals surface area contributed by atoms with Gasteiger partial charge in [0.05, 0.1) is 19.6 Å². The summed E-state index contributed by atoms with van der Waals surface area (Å²) in [6.07, 6.45) is 1.43. The van der Waals surface area contributed by atoms with Crippen LogP contribution in [0, 0.1) is 17.8 Å². The smallest absolute Gasteiger partial charge is 0.314 e. The lowest BCUT2D eigenvalue weighted by Gasteiger charge is -2.39. The fourth-order valence-corrected chi connectivity index (χ4v) is 3.01. The molecule has 0 aromatic carbocycles. The van der Waals surface area contributed by atoms with Gasteiger partial charge in [0.1, 0.15) is 11.5 Å². The van der Waals surface area contributed by atoms with E-state index in [0.717, 1.165) is 0 Å². The molecule has 0 bridgehead atoms. The van der Waals surface area contributed by atoms with Gasteiger partial charge in [-0.25, -0.2) is 0 Å². The number of carbonyl (C=O) groups is 1. The van der Waals surface area contributed by atoms with E-state index in [1.807, 2.05) is 0 Å². The van der Waals surface area contributed by atoms with Gasteiger partial charge < -0.3 is 24.4 Å². The highest BCUT2D eigenvalue weighted by Gasteiger charge is 2.61. The molecule has 2 heterocycles. The first-order valence-electron chi connectivity index (χ1n) is 5.51. The van der Waals surface area contributed by atoms with E-state index in [4.69, 9.17) is 9.47 Å². The Balaban J connectivity index is 1.95. The number of esters is 1. The molecule has 94 valence electrons. The zero-order valence-corrected chi connectivity index (χ0v) is 9.28. The van der Waals surface area contributed by atoms with Gasteiger partial charge in [0.25, 0.3) is 0 Å². The predicted molar refractivity (Wildman–Crippen MR) is 53.4 cm³/mol. The molecule has 0 aromatic rings. The maximum Gasteiger partial charge on any atom is 0.314 e. The van der Waals surface area contributed by atoms with E-state index in [1.165, 1.54) is 7.11 Å². The molecule has 0 amide bonds. The van der Waals surface area contributed by atoms with Gasteiger partial charge in [0.15, 0.2) is 12.6 Å². The van der Waals surface area contributed by atoms with Crippen LogP contribution in [0.25, 0.3) is 0 Å². The number of rotatable bonds is 1. The molecule has 6 heteroatoms. The van der Waals surface area contributed by atoms with Crippen LogP contribution in [0.1, 0.15) is 0 Å². The summed E-state index contributed by atoms with van der Waals surface area (Å²) in [5.41, 5.74) is -1.10. The van der Waals surface area contributed by atoms with E-state index in [2.05, 4.69) is 4.74 Å². The van der Waals surface area contributed by atoms with E-state index in [-0.39, 0.29) is 18.4 Å². The van der Waals surface area contributed by atoms with Gasteiger partial charge in [-0.15, -0.1) is 0 Å². The molecule has 2 fully saturated rings. The van der Waals surface area contributed by atoms with Crippen LogP contribution in [-0.4, -0.2) is 48.1 Å². The molecule has 0 radical (unpaired) electrons. The van der Waals surface area contributed by atoms with Crippen molar-refractivity contribution in [3.63, 3.8) is 0 Å². The van der Waals surface area contributed by atoms with Crippen LogP contribution in [0.4, 0.5) is 0 Å². The van der Waals surface area contributed by atoms with E-state index in [1.54, 1.807) is 12.2 Å². The summed E-state index contributed by atoms with van der Waals surface area (Å²) in [7, 11) is 1.26. The average molecular weight is 242 g/mol. The van der Waals surface area contributed by atoms with Crippen molar-refractivity contribution in [2.45, 2.75) is 18.2 Å². The van der Waals surface area contributed by atoms with Gasteiger partial charge in [-0.3, -0.25) is 4.79 Å². The van der Waals surface area contributed by atoms with Crippen LogP contribution >= 0.6 is 0 Å². The maximum atomic E-state index is 11.6. The Morgan fingerprint density at radius 2 is 2.35 bits per heavy atom. The van der Waals surface area contributed by atoms with Crippen molar-refractivity contribution in [1.29, 1.82) is 0 Å². The van der Waals surface area contributed by atoms with Crippen molar-refractivity contribution in [1.82, 2.24) is 0 Å². The number of carbonyl (C=O) groups excluding carboxylic acids is 1. The Hall–Kier alpha value is -0.950. The van der Waals surface area contributed by atoms with Crippen LogP contribution in [0.2, 0.25) is 0 Å². The number of methoxy groups -OCH3 is 1. The first-order chi connectivity index (χ1) is 8.07. The first-order valence-corrected chi connectivity index (χ1v) is 5.51. The van der Waals surface area contributed by atoms with Crippen molar-refractivity contribution in [2.75, 3.05) is 13.7 Å². The summed E-state index contributed by atoms with van der Waals surface area (Å²) in [4.78, 5) is 11.6. The monoisotopic (exact) mass is 242 g/mol. The van der Waals surface area contributed by atoms with Crippen LogP contribution in [0.5, 0.6) is 0 Å². The normalized spacial score (nSPS) is 51.4. The topological polar surface area (TPSA) is 85.2 Å². The molecule has 2 N–H and O–H groups in total. The van der Waals surface area contributed by atoms with Crippen LogP contribution in [0.3, 0.4) is 0 Å². The lowest BCUT2D eigenvalue weighted by atomic mass is 9.77. The van der Waals surface area contributed by atoms with Gasteiger partial charge >= 0.3 is 5.97 Å². The van der Waals surface area contributed by atoms with Crippen molar-refractivity contribution in [3.05, 3.63) is 12.2 Å². The Morgan fingerprint density at radius 1 is 1.59 bits per heavy atom. The fourth-order valence-electron chi connectivity index (χ4n) is 3.01. The summed E-state index contributed by atoms with van der Waals surface area (Å²) >= 11 is 0. The first kappa shape index (κ1) is 11.2. The average Bonchev–Trinajstić information content (AvgIpc) is 2.80. The highest BCUT2D eigenvalue weighted by atomic mass is 16.7. The van der Waals surface area contributed by atoms with E-state index in [9.17, 15) is 15.0 Å². The molecule has 0 unspecified atom stereocenters.